The van der Waals surface area contributed by atoms with Gasteiger partial charge in [-0.15, -0.1) is 0 Å². The van der Waals surface area contributed by atoms with Crippen LogP contribution in [0.1, 0.15) is 27.7 Å². The smallest absolute Gasteiger partial charge is 0.174 e. The molecule has 0 saturated carbocycles. The first-order valence-electron chi connectivity index (χ1n) is 5.07. The molecule has 1 heterocycles. The quantitative estimate of drug-likeness (QED) is 0.662. The average Bonchev–Trinajstić information content (AvgIpc) is 2.07. The molecule has 0 amide bonds. The molecule has 1 saturated heterocycles. The first kappa shape index (κ1) is 12.3. The van der Waals surface area contributed by atoms with Crippen LogP contribution in [0.3, 0.4) is 0 Å². The lowest BCUT2D eigenvalue weighted by molar-refractivity contribution is -0.237. The number of carbonyl (C=O) groups excluding carboxylic acids is 2. The predicted molar refractivity (Wildman–Crippen MR) is 54.3 cm³/mol. The van der Waals surface area contributed by atoms with Gasteiger partial charge in [-0.3, -0.25) is 9.59 Å². The Morgan fingerprint density at radius 3 is 1.87 bits per heavy atom. The molecule has 0 unspecified atom stereocenters. The summed E-state index contributed by atoms with van der Waals surface area (Å²) in [6.07, 6.45) is -0.701. The Balaban J connectivity index is 2.65. The van der Waals surface area contributed by atoms with Gasteiger partial charge in [0.25, 0.3) is 0 Å². The van der Waals surface area contributed by atoms with Gasteiger partial charge in [0.1, 0.15) is 17.5 Å². The van der Waals surface area contributed by atoms with Crippen LogP contribution in [0.15, 0.2) is 0 Å². The second-order valence-corrected chi connectivity index (χ2v) is 4.85. The van der Waals surface area contributed by atoms with E-state index in [9.17, 15) is 9.59 Å². The average molecular weight is 214 g/mol. The van der Waals surface area contributed by atoms with Crippen LogP contribution in [0, 0.1) is 11.3 Å². The van der Waals surface area contributed by atoms with Crippen molar-refractivity contribution in [2.45, 2.75) is 34.0 Å². The first-order valence-corrected chi connectivity index (χ1v) is 5.07. The van der Waals surface area contributed by atoms with Gasteiger partial charge in [0.15, 0.2) is 6.29 Å². The predicted octanol–water partition coefficient (Wildman–Crippen LogP) is 1.18. The second-order valence-electron chi connectivity index (χ2n) is 4.85. The summed E-state index contributed by atoms with van der Waals surface area (Å²) in [6, 6.07) is 0. The maximum absolute atomic E-state index is 11.3. The Morgan fingerprint density at radius 1 is 1.13 bits per heavy atom. The van der Waals surface area contributed by atoms with Gasteiger partial charge in [0, 0.05) is 5.41 Å². The van der Waals surface area contributed by atoms with Crippen LogP contribution in [-0.4, -0.2) is 31.1 Å². The van der Waals surface area contributed by atoms with Gasteiger partial charge in [0.05, 0.1) is 13.2 Å². The number of rotatable bonds is 3. The molecule has 0 aromatic rings. The Kier molecular flexibility index (Phi) is 3.62. The SMILES string of the molecule is CC(=O)C(C(C)=O)C1OCC(C)(C)CO1. The Labute approximate surface area is 89.9 Å². The number of ketones is 2. The molecule has 86 valence electrons. The third-order valence-corrected chi connectivity index (χ3v) is 2.42. The standard InChI is InChI=1S/C11H18O4/c1-7(12)9(8(2)13)10-14-5-11(3,4)6-15-10/h9-10H,5-6H2,1-4H3. The second kappa shape index (κ2) is 4.41. The molecule has 1 fully saturated rings. The van der Waals surface area contributed by atoms with Crippen LogP contribution >= 0.6 is 0 Å². The maximum atomic E-state index is 11.3. The Bertz CT molecular complexity index is 246. The highest BCUT2D eigenvalue weighted by atomic mass is 16.7. The van der Waals surface area contributed by atoms with Crippen LogP contribution < -0.4 is 0 Å². The number of carbonyl (C=O) groups is 2. The van der Waals surface area contributed by atoms with E-state index in [1.165, 1.54) is 13.8 Å². The van der Waals surface area contributed by atoms with Crippen LogP contribution in [0.25, 0.3) is 0 Å². The summed E-state index contributed by atoms with van der Waals surface area (Å²) >= 11 is 0. The van der Waals surface area contributed by atoms with Crippen LogP contribution in [0.5, 0.6) is 0 Å². The van der Waals surface area contributed by atoms with E-state index < -0.39 is 12.2 Å². The molecule has 15 heavy (non-hydrogen) atoms. The van der Waals surface area contributed by atoms with Crippen molar-refractivity contribution in [3.63, 3.8) is 0 Å². The maximum Gasteiger partial charge on any atom is 0.174 e. The van der Waals surface area contributed by atoms with Crippen LogP contribution in [0.4, 0.5) is 0 Å². The first-order chi connectivity index (χ1) is 6.83. The Morgan fingerprint density at radius 2 is 1.53 bits per heavy atom. The van der Waals surface area contributed by atoms with E-state index in [1.807, 2.05) is 13.8 Å². The molecule has 0 aromatic heterocycles. The van der Waals surface area contributed by atoms with Crippen molar-refractivity contribution in [2.75, 3.05) is 13.2 Å². The molecule has 4 nitrogen and oxygen atoms in total. The molecule has 1 rings (SSSR count). The fourth-order valence-electron chi connectivity index (χ4n) is 1.57. The fraction of sp³-hybridized carbons (Fsp3) is 0.818. The normalized spacial score (nSPS) is 21.7. The summed E-state index contributed by atoms with van der Waals surface area (Å²) in [5.41, 5.74) is -0.0470. The zero-order valence-electron chi connectivity index (χ0n) is 9.70. The van der Waals surface area contributed by atoms with Crippen LogP contribution in [0.2, 0.25) is 0 Å². The zero-order valence-corrected chi connectivity index (χ0v) is 9.70. The van der Waals surface area contributed by atoms with Gasteiger partial charge in [-0.25, -0.2) is 0 Å². The highest BCUT2D eigenvalue weighted by Gasteiger charge is 2.37. The molecule has 0 N–H and O–H groups in total. The zero-order chi connectivity index (χ0) is 11.6. The van der Waals surface area contributed by atoms with Crippen molar-refractivity contribution in [1.82, 2.24) is 0 Å². The molecule has 0 radical (unpaired) electrons. The van der Waals surface area contributed by atoms with Crippen molar-refractivity contribution < 1.29 is 19.1 Å². The topological polar surface area (TPSA) is 52.6 Å². The molecular formula is C11H18O4. The monoisotopic (exact) mass is 214 g/mol. The molecule has 1 aliphatic rings. The fourth-order valence-corrected chi connectivity index (χ4v) is 1.57. The van der Waals surface area contributed by atoms with Gasteiger partial charge in [0.2, 0.25) is 0 Å². The summed E-state index contributed by atoms with van der Waals surface area (Å²) in [6.45, 7) is 7.82. The summed E-state index contributed by atoms with van der Waals surface area (Å²) < 4.78 is 10.8. The number of hydrogen-bond donors (Lipinski definition) is 0. The van der Waals surface area contributed by atoms with E-state index >= 15 is 0 Å². The van der Waals surface area contributed by atoms with E-state index in [1.54, 1.807) is 0 Å². The molecule has 0 aromatic carbocycles. The molecule has 0 aliphatic carbocycles. The van der Waals surface area contributed by atoms with Crippen molar-refractivity contribution >= 4 is 11.6 Å². The van der Waals surface area contributed by atoms with Crippen LogP contribution in [-0.2, 0) is 19.1 Å². The van der Waals surface area contributed by atoms with Crippen molar-refractivity contribution in [2.24, 2.45) is 11.3 Å². The number of ether oxygens (including phenoxy) is 2. The van der Waals surface area contributed by atoms with Gasteiger partial charge in [-0.05, 0) is 13.8 Å². The largest absolute Gasteiger partial charge is 0.351 e. The molecule has 0 atom stereocenters. The number of Topliss-reactive ketones (excluding diaryl/α,β-unsaturated/α-hetero) is 2. The van der Waals surface area contributed by atoms with Gasteiger partial charge >= 0.3 is 0 Å². The summed E-state index contributed by atoms with van der Waals surface area (Å²) in [5.74, 6) is -1.18. The highest BCUT2D eigenvalue weighted by molar-refractivity contribution is 6.00. The Hall–Kier alpha value is -0.740. The highest BCUT2D eigenvalue weighted by Crippen LogP contribution is 2.26. The lowest BCUT2D eigenvalue weighted by Gasteiger charge is -2.36. The summed E-state index contributed by atoms with van der Waals surface area (Å²) in [7, 11) is 0. The molecule has 4 heteroatoms. The number of hydrogen-bond acceptors (Lipinski definition) is 4. The lowest BCUT2D eigenvalue weighted by Crippen LogP contribution is -2.45. The minimum atomic E-state index is -0.777. The molecule has 0 bridgehead atoms. The van der Waals surface area contributed by atoms with E-state index in [4.69, 9.17) is 9.47 Å². The van der Waals surface area contributed by atoms with Crippen molar-refractivity contribution in [3.8, 4) is 0 Å². The minimum Gasteiger partial charge on any atom is -0.351 e. The third kappa shape index (κ3) is 3.11. The summed E-state index contributed by atoms with van der Waals surface area (Å²) in [4.78, 5) is 22.5. The van der Waals surface area contributed by atoms with E-state index in [0.717, 1.165) is 0 Å². The van der Waals surface area contributed by atoms with Gasteiger partial charge in [-0.2, -0.15) is 0 Å². The van der Waals surface area contributed by atoms with E-state index in [0.29, 0.717) is 13.2 Å². The van der Waals surface area contributed by atoms with Gasteiger partial charge < -0.3 is 9.47 Å². The molecule has 1 aliphatic heterocycles. The molecular weight excluding hydrogens is 196 g/mol. The minimum absolute atomic E-state index is 0.0470. The van der Waals surface area contributed by atoms with Crippen molar-refractivity contribution in [3.05, 3.63) is 0 Å². The lowest BCUT2D eigenvalue weighted by atomic mass is 9.93. The molecule has 0 spiro atoms. The van der Waals surface area contributed by atoms with E-state index in [-0.39, 0.29) is 17.0 Å². The third-order valence-electron chi connectivity index (χ3n) is 2.42. The van der Waals surface area contributed by atoms with Gasteiger partial charge in [-0.1, -0.05) is 13.8 Å². The van der Waals surface area contributed by atoms with Crippen molar-refractivity contribution in [1.29, 1.82) is 0 Å². The summed E-state index contributed by atoms with van der Waals surface area (Å²) in [5, 5.41) is 0. The van der Waals surface area contributed by atoms with E-state index in [2.05, 4.69) is 0 Å².